The van der Waals surface area contributed by atoms with Gasteiger partial charge in [0.1, 0.15) is 24.8 Å². The predicted molar refractivity (Wildman–Crippen MR) is 102 cm³/mol. The van der Waals surface area contributed by atoms with Crippen molar-refractivity contribution in [1.29, 1.82) is 0 Å². The number of urea groups is 1. The van der Waals surface area contributed by atoms with Gasteiger partial charge in [-0.15, -0.1) is 0 Å². The van der Waals surface area contributed by atoms with Crippen LogP contribution in [0.25, 0.3) is 0 Å². The van der Waals surface area contributed by atoms with Crippen molar-refractivity contribution >= 4 is 35.2 Å². The lowest BCUT2D eigenvalue weighted by Crippen LogP contribution is -2.49. The highest BCUT2D eigenvalue weighted by Gasteiger charge is 2.42. The Balaban J connectivity index is 1.59. The molecule has 1 atom stereocenters. The number of nitrogens with one attached hydrogen (secondary N) is 2. The average molecular weight is 434 g/mol. The third-order valence-corrected chi connectivity index (χ3v) is 4.96. The number of anilines is 1. The molecule has 4 rings (SSSR count). The summed E-state index contributed by atoms with van der Waals surface area (Å²) in [6, 6.07) is 7.79. The van der Waals surface area contributed by atoms with Crippen LogP contribution in [0.1, 0.15) is 11.6 Å². The highest BCUT2D eigenvalue weighted by atomic mass is 35.5. The van der Waals surface area contributed by atoms with E-state index in [1.807, 2.05) is 0 Å². The molecule has 2 aliphatic rings. The number of amides is 3. The van der Waals surface area contributed by atoms with E-state index in [4.69, 9.17) is 16.3 Å². The summed E-state index contributed by atoms with van der Waals surface area (Å²) in [5.74, 6) is -2.94. The number of nitrogens with zero attached hydrogens (tertiary/aromatic N) is 1. The van der Waals surface area contributed by atoms with E-state index in [-0.39, 0.29) is 23.6 Å². The van der Waals surface area contributed by atoms with Gasteiger partial charge in [0.05, 0.1) is 23.0 Å². The molecule has 2 heterocycles. The molecule has 2 N–H and O–H groups in total. The number of carbonyl (C=O) groups is 3. The first kappa shape index (κ1) is 19.8. The molecule has 3 amide bonds. The molecule has 0 saturated carbocycles. The first-order chi connectivity index (χ1) is 14.3. The molecule has 2 aliphatic heterocycles. The highest BCUT2D eigenvalue weighted by Crippen LogP contribution is 2.35. The van der Waals surface area contributed by atoms with Gasteiger partial charge in [-0.2, -0.15) is 0 Å². The summed E-state index contributed by atoms with van der Waals surface area (Å²) in [7, 11) is 0. The number of esters is 1. The van der Waals surface area contributed by atoms with Crippen LogP contribution in [0.3, 0.4) is 0 Å². The summed E-state index contributed by atoms with van der Waals surface area (Å²) < 4.78 is 32.1. The second-order valence-electron chi connectivity index (χ2n) is 6.63. The average Bonchev–Trinajstić information content (AvgIpc) is 3.09. The molecule has 0 aromatic heterocycles. The first-order valence-corrected chi connectivity index (χ1v) is 9.20. The Kier molecular flexibility index (Phi) is 5.13. The molecule has 2 aromatic carbocycles. The molecule has 0 spiro atoms. The summed E-state index contributed by atoms with van der Waals surface area (Å²) in [6.07, 6.45) is 0. The van der Waals surface area contributed by atoms with Crippen LogP contribution < -0.4 is 10.6 Å². The summed E-state index contributed by atoms with van der Waals surface area (Å²) in [5.41, 5.74) is 0.690. The van der Waals surface area contributed by atoms with Crippen LogP contribution >= 0.6 is 11.6 Å². The van der Waals surface area contributed by atoms with E-state index in [9.17, 15) is 23.2 Å². The van der Waals surface area contributed by atoms with Gasteiger partial charge in [-0.1, -0.05) is 23.7 Å². The number of rotatable bonds is 4. The van der Waals surface area contributed by atoms with E-state index in [0.717, 1.165) is 23.1 Å². The van der Waals surface area contributed by atoms with Gasteiger partial charge in [0.2, 0.25) is 5.91 Å². The molecule has 7 nitrogen and oxygen atoms in total. The number of hydrogen-bond donors (Lipinski definition) is 2. The molecular formula is C20H14ClF2N3O4. The number of ether oxygens (including phenoxy) is 1. The third-order valence-electron chi connectivity index (χ3n) is 4.71. The molecule has 0 bridgehead atoms. The van der Waals surface area contributed by atoms with Crippen molar-refractivity contribution in [1.82, 2.24) is 10.2 Å². The number of benzene rings is 2. The second-order valence-corrected chi connectivity index (χ2v) is 7.07. The van der Waals surface area contributed by atoms with Gasteiger partial charge >= 0.3 is 12.0 Å². The van der Waals surface area contributed by atoms with Gasteiger partial charge in [-0.25, -0.2) is 18.4 Å². The number of hydrogen-bond acceptors (Lipinski definition) is 4. The van der Waals surface area contributed by atoms with E-state index in [2.05, 4.69) is 10.6 Å². The van der Waals surface area contributed by atoms with Crippen LogP contribution in [0.2, 0.25) is 5.02 Å². The molecular weight excluding hydrogens is 420 g/mol. The van der Waals surface area contributed by atoms with Gasteiger partial charge in [0.15, 0.2) is 0 Å². The van der Waals surface area contributed by atoms with Gasteiger partial charge in [0, 0.05) is 11.1 Å². The van der Waals surface area contributed by atoms with Crippen LogP contribution in [-0.4, -0.2) is 36.0 Å². The van der Waals surface area contributed by atoms with Crippen LogP contribution in [0.15, 0.2) is 53.7 Å². The maximum absolute atomic E-state index is 13.8. The fourth-order valence-corrected chi connectivity index (χ4v) is 3.44. The lowest BCUT2D eigenvalue weighted by Gasteiger charge is -2.32. The van der Waals surface area contributed by atoms with E-state index in [1.165, 1.54) is 0 Å². The highest BCUT2D eigenvalue weighted by molar-refractivity contribution is 6.30. The molecule has 0 saturated heterocycles. The van der Waals surface area contributed by atoms with Crippen LogP contribution in [-0.2, 0) is 14.3 Å². The maximum Gasteiger partial charge on any atom is 0.338 e. The fraction of sp³-hybridized carbons (Fsp3) is 0.150. The first-order valence-electron chi connectivity index (χ1n) is 8.82. The van der Waals surface area contributed by atoms with E-state index in [0.29, 0.717) is 10.6 Å². The number of carbonyl (C=O) groups excluding carboxylic acids is 3. The Morgan fingerprint density at radius 3 is 2.67 bits per heavy atom. The summed E-state index contributed by atoms with van der Waals surface area (Å²) in [4.78, 5) is 38.4. The van der Waals surface area contributed by atoms with Gasteiger partial charge in [-0.05, 0) is 29.8 Å². The van der Waals surface area contributed by atoms with Crippen molar-refractivity contribution in [3.05, 3.63) is 76.0 Å². The second kappa shape index (κ2) is 7.75. The summed E-state index contributed by atoms with van der Waals surface area (Å²) in [6.45, 7) is -0.710. The Morgan fingerprint density at radius 2 is 1.93 bits per heavy atom. The van der Waals surface area contributed by atoms with Crippen LogP contribution in [0.4, 0.5) is 19.3 Å². The van der Waals surface area contributed by atoms with Crippen molar-refractivity contribution in [2.45, 2.75) is 6.04 Å². The van der Waals surface area contributed by atoms with Crippen LogP contribution in [0.5, 0.6) is 0 Å². The Bertz CT molecular complexity index is 1090. The largest absolute Gasteiger partial charge is 0.456 e. The lowest BCUT2D eigenvalue weighted by atomic mass is 9.96. The van der Waals surface area contributed by atoms with Gasteiger partial charge in [0.25, 0.3) is 0 Å². The minimum absolute atomic E-state index is 0.187. The van der Waals surface area contributed by atoms with Crippen molar-refractivity contribution in [3.8, 4) is 0 Å². The molecule has 0 radical (unpaired) electrons. The predicted octanol–water partition coefficient (Wildman–Crippen LogP) is 3.13. The fourth-order valence-electron chi connectivity index (χ4n) is 3.31. The molecule has 10 heteroatoms. The zero-order chi connectivity index (χ0) is 21.4. The molecule has 30 heavy (non-hydrogen) atoms. The summed E-state index contributed by atoms with van der Waals surface area (Å²) >= 11 is 5.89. The zero-order valence-corrected chi connectivity index (χ0v) is 16.0. The number of cyclic esters (lactones) is 1. The van der Waals surface area contributed by atoms with Crippen molar-refractivity contribution in [2.24, 2.45) is 0 Å². The smallest absolute Gasteiger partial charge is 0.338 e. The molecule has 2 aromatic rings. The maximum atomic E-state index is 13.8. The number of halogens is 3. The minimum Gasteiger partial charge on any atom is -0.456 e. The molecule has 0 aliphatic carbocycles. The van der Waals surface area contributed by atoms with E-state index >= 15 is 0 Å². The quantitative estimate of drug-likeness (QED) is 0.725. The van der Waals surface area contributed by atoms with Crippen molar-refractivity contribution < 1.29 is 27.9 Å². The standard InChI is InChI=1S/C20H14ClF2N3O4/c21-11-3-1-10(2-4-11)18-17-15(9-30-19(17)28)26(20(29)25-18)8-16(27)24-14-7-12(22)5-6-13(14)23/h1-7,18H,8-9H2,(H,24,27)(H,25,29)/t18-/m0/s1. The normalized spacial score (nSPS) is 18.1. The molecule has 0 unspecified atom stereocenters. The summed E-state index contributed by atoms with van der Waals surface area (Å²) in [5, 5.41) is 5.38. The van der Waals surface area contributed by atoms with Crippen molar-refractivity contribution in [3.63, 3.8) is 0 Å². The van der Waals surface area contributed by atoms with Gasteiger partial charge < -0.3 is 15.4 Å². The monoisotopic (exact) mass is 433 g/mol. The lowest BCUT2D eigenvalue weighted by molar-refractivity contribution is -0.136. The Labute approximate surface area is 174 Å². The minimum atomic E-state index is -0.824. The van der Waals surface area contributed by atoms with E-state index < -0.39 is 42.1 Å². The van der Waals surface area contributed by atoms with Crippen LogP contribution in [0, 0.1) is 11.6 Å². The van der Waals surface area contributed by atoms with Gasteiger partial charge in [-0.3, -0.25) is 9.69 Å². The molecule has 0 fully saturated rings. The Morgan fingerprint density at radius 1 is 1.20 bits per heavy atom. The SMILES string of the molecule is O=C(CN1C(=O)N[C@@H](c2ccc(Cl)cc2)C2=C1COC2=O)Nc1cc(F)ccc1F. The van der Waals surface area contributed by atoms with Crippen molar-refractivity contribution in [2.75, 3.05) is 18.5 Å². The zero-order valence-electron chi connectivity index (χ0n) is 15.2. The Hall–Kier alpha value is -3.46. The topological polar surface area (TPSA) is 87.7 Å². The third kappa shape index (κ3) is 3.71. The molecule has 154 valence electrons. The van der Waals surface area contributed by atoms with E-state index in [1.54, 1.807) is 24.3 Å².